The van der Waals surface area contributed by atoms with Crippen LogP contribution < -0.4 is 10.1 Å². The minimum absolute atomic E-state index is 0.0213. The van der Waals surface area contributed by atoms with E-state index in [2.05, 4.69) is 10.3 Å². The quantitative estimate of drug-likeness (QED) is 0.846. The second-order valence-corrected chi connectivity index (χ2v) is 3.69. The maximum absolute atomic E-state index is 8.63. The number of aromatic nitrogens is 1. The van der Waals surface area contributed by atoms with Crippen molar-refractivity contribution in [3.05, 3.63) is 42.1 Å². The zero-order valence-electron chi connectivity index (χ0n) is 10.2. The first-order chi connectivity index (χ1) is 9.26. The van der Waals surface area contributed by atoms with Crippen molar-refractivity contribution in [2.45, 2.75) is 0 Å². The van der Waals surface area contributed by atoms with Crippen molar-refractivity contribution in [2.24, 2.45) is 0 Å². The molecular weight excluding hydrogens is 240 g/mol. The first-order valence-corrected chi connectivity index (χ1v) is 5.48. The Bertz CT molecular complexity index is 706. The second kappa shape index (κ2) is 5.52. The summed E-state index contributed by atoms with van der Waals surface area (Å²) in [4.78, 5) is 4.29. The Balaban J connectivity index is 2.31. The van der Waals surface area contributed by atoms with E-state index in [1.54, 1.807) is 25.3 Å². The van der Waals surface area contributed by atoms with Gasteiger partial charge in [0.1, 0.15) is 17.7 Å². The largest absolute Gasteiger partial charge is 0.481 e. The van der Waals surface area contributed by atoms with Gasteiger partial charge in [-0.25, -0.2) is 4.98 Å². The first kappa shape index (κ1) is 12.4. The summed E-state index contributed by atoms with van der Waals surface area (Å²) in [5, 5.41) is 21.1. The Morgan fingerprint density at radius 1 is 1.26 bits per heavy atom. The minimum Gasteiger partial charge on any atom is -0.481 e. The number of nitrogens with one attached hydrogen (secondary N) is 1. The third kappa shape index (κ3) is 2.80. The molecule has 2 rings (SSSR count). The number of nitriles is 2. The maximum Gasteiger partial charge on any atom is 0.213 e. The van der Waals surface area contributed by atoms with Gasteiger partial charge in [0.05, 0.1) is 12.6 Å². The molecule has 0 saturated carbocycles. The molecule has 0 radical (unpaired) electrons. The molecular formula is C14H10N4O. The molecule has 0 amide bonds. The van der Waals surface area contributed by atoms with Crippen molar-refractivity contribution in [1.29, 1.82) is 10.5 Å². The van der Waals surface area contributed by atoms with E-state index < -0.39 is 0 Å². The molecule has 19 heavy (non-hydrogen) atoms. The lowest BCUT2D eigenvalue weighted by Gasteiger charge is -2.04. The molecule has 0 aliphatic carbocycles. The van der Waals surface area contributed by atoms with E-state index in [0.29, 0.717) is 5.88 Å². The summed E-state index contributed by atoms with van der Waals surface area (Å²) in [5.41, 5.74) is 1.62. The molecule has 5 heteroatoms. The Labute approximate surface area is 110 Å². The Morgan fingerprint density at radius 2 is 2.05 bits per heavy atom. The van der Waals surface area contributed by atoms with Crippen LogP contribution in [0.25, 0.3) is 10.9 Å². The normalized spacial score (nSPS) is 9.21. The van der Waals surface area contributed by atoms with Crippen LogP contribution in [0, 0.1) is 22.7 Å². The van der Waals surface area contributed by atoms with Gasteiger partial charge in [-0.05, 0) is 24.3 Å². The number of ether oxygens (including phenoxy) is 1. The highest BCUT2D eigenvalue weighted by atomic mass is 16.5. The van der Waals surface area contributed by atoms with Crippen molar-refractivity contribution in [1.82, 2.24) is 4.98 Å². The number of methoxy groups -OCH3 is 1. The van der Waals surface area contributed by atoms with Crippen molar-refractivity contribution in [3.8, 4) is 18.0 Å². The topological polar surface area (TPSA) is 81.7 Å². The van der Waals surface area contributed by atoms with E-state index in [0.717, 1.165) is 16.6 Å². The molecule has 0 unspecified atom stereocenters. The second-order valence-electron chi connectivity index (χ2n) is 3.69. The van der Waals surface area contributed by atoms with E-state index in [4.69, 9.17) is 15.3 Å². The molecule has 0 atom stereocenters. The van der Waals surface area contributed by atoms with Crippen LogP contribution in [0.3, 0.4) is 0 Å². The summed E-state index contributed by atoms with van der Waals surface area (Å²) in [5.74, 6) is 0.560. The summed E-state index contributed by atoms with van der Waals surface area (Å²) < 4.78 is 5.05. The third-order valence-corrected chi connectivity index (χ3v) is 2.50. The standard InChI is InChI=1S/C14H10N4O/c1-19-14-5-2-11-6-12(3-4-13(11)18-14)17-9-10(7-15)8-16/h2-6,9,17H,1H3. The smallest absolute Gasteiger partial charge is 0.213 e. The average Bonchev–Trinajstić information content (AvgIpc) is 2.47. The third-order valence-electron chi connectivity index (χ3n) is 2.50. The van der Waals surface area contributed by atoms with Gasteiger partial charge < -0.3 is 10.1 Å². The number of rotatable bonds is 3. The summed E-state index contributed by atoms with van der Waals surface area (Å²) in [6.45, 7) is 0. The highest BCUT2D eigenvalue weighted by Crippen LogP contribution is 2.20. The van der Waals surface area contributed by atoms with Crippen LogP contribution in [-0.2, 0) is 0 Å². The van der Waals surface area contributed by atoms with Crippen LogP contribution in [0.1, 0.15) is 0 Å². The van der Waals surface area contributed by atoms with Gasteiger partial charge in [0.25, 0.3) is 0 Å². The fourth-order valence-corrected chi connectivity index (χ4v) is 1.56. The molecule has 1 aromatic carbocycles. The molecule has 1 N–H and O–H groups in total. The zero-order valence-corrected chi connectivity index (χ0v) is 10.2. The monoisotopic (exact) mass is 250 g/mol. The highest BCUT2D eigenvalue weighted by molar-refractivity contribution is 5.83. The van der Waals surface area contributed by atoms with Crippen molar-refractivity contribution in [2.75, 3.05) is 12.4 Å². The van der Waals surface area contributed by atoms with Gasteiger partial charge in [0.15, 0.2) is 0 Å². The molecule has 2 aromatic rings. The molecule has 5 nitrogen and oxygen atoms in total. The van der Waals surface area contributed by atoms with Gasteiger partial charge >= 0.3 is 0 Å². The van der Waals surface area contributed by atoms with E-state index >= 15 is 0 Å². The summed E-state index contributed by atoms with van der Waals surface area (Å²) in [6.07, 6.45) is 1.37. The number of anilines is 1. The van der Waals surface area contributed by atoms with Crippen molar-refractivity contribution < 1.29 is 4.74 Å². The lowest BCUT2D eigenvalue weighted by atomic mass is 10.2. The Hall–Kier alpha value is -3.05. The molecule has 0 aliphatic heterocycles. The molecule has 1 heterocycles. The fraction of sp³-hybridized carbons (Fsp3) is 0.0714. The summed E-state index contributed by atoms with van der Waals surface area (Å²) >= 11 is 0. The van der Waals surface area contributed by atoms with Gasteiger partial charge in [-0.2, -0.15) is 10.5 Å². The lowest BCUT2D eigenvalue weighted by molar-refractivity contribution is 0.399. The number of pyridine rings is 1. The Kier molecular flexibility index (Phi) is 3.61. The van der Waals surface area contributed by atoms with E-state index in [9.17, 15) is 0 Å². The first-order valence-electron chi connectivity index (χ1n) is 5.48. The van der Waals surface area contributed by atoms with Crippen LogP contribution in [-0.4, -0.2) is 12.1 Å². The van der Waals surface area contributed by atoms with Crippen molar-refractivity contribution >= 4 is 16.6 Å². The van der Waals surface area contributed by atoms with E-state index in [1.807, 2.05) is 24.3 Å². The van der Waals surface area contributed by atoms with Crippen LogP contribution >= 0.6 is 0 Å². The molecule has 0 fully saturated rings. The van der Waals surface area contributed by atoms with Gasteiger partial charge in [-0.3, -0.25) is 0 Å². The molecule has 1 aromatic heterocycles. The van der Waals surface area contributed by atoms with Gasteiger partial charge in [0, 0.05) is 23.3 Å². The van der Waals surface area contributed by atoms with Crippen molar-refractivity contribution in [3.63, 3.8) is 0 Å². The highest BCUT2D eigenvalue weighted by Gasteiger charge is 1.99. The van der Waals surface area contributed by atoms with Crippen LogP contribution in [0.4, 0.5) is 5.69 Å². The minimum atomic E-state index is 0.0213. The molecule has 0 bridgehead atoms. The number of benzene rings is 1. The molecule has 0 aliphatic rings. The number of fused-ring (bicyclic) bond motifs is 1. The SMILES string of the molecule is COc1ccc2cc(NC=C(C#N)C#N)ccc2n1. The predicted molar refractivity (Wildman–Crippen MR) is 71.2 cm³/mol. The van der Waals surface area contributed by atoms with Gasteiger partial charge in [-0.1, -0.05) is 0 Å². The molecule has 92 valence electrons. The number of allylic oxidation sites excluding steroid dienone is 1. The van der Waals surface area contributed by atoms with E-state index in [1.165, 1.54) is 6.20 Å². The van der Waals surface area contributed by atoms with Gasteiger partial charge in [-0.15, -0.1) is 0 Å². The summed E-state index contributed by atoms with van der Waals surface area (Å²) in [7, 11) is 1.57. The maximum atomic E-state index is 8.63. The summed E-state index contributed by atoms with van der Waals surface area (Å²) in [6, 6.07) is 12.8. The lowest BCUT2D eigenvalue weighted by Crippen LogP contribution is -1.91. The predicted octanol–water partition coefficient (Wildman–Crippen LogP) is 2.59. The number of nitrogens with zero attached hydrogens (tertiary/aromatic N) is 3. The van der Waals surface area contributed by atoms with Gasteiger partial charge in [0.2, 0.25) is 5.88 Å². The van der Waals surface area contributed by atoms with Crippen LogP contribution in [0.2, 0.25) is 0 Å². The zero-order chi connectivity index (χ0) is 13.7. The molecule has 0 saturated heterocycles. The van der Waals surface area contributed by atoms with Crippen LogP contribution in [0.5, 0.6) is 5.88 Å². The fourth-order valence-electron chi connectivity index (χ4n) is 1.56. The molecule has 0 spiro atoms. The van der Waals surface area contributed by atoms with Crippen LogP contribution in [0.15, 0.2) is 42.1 Å². The Morgan fingerprint density at radius 3 is 2.74 bits per heavy atom. The number of hydrogen-bond acceptors (Lipinski definition) is 5. The van der Waals surface area contributed by atoms with E-state index in [-0.39, 0.29) is 5.57 Å². The average molecular weight is 250 g/mol. The number of hydrogen-bond donors (Lipinski definition) is 1.